The van der Waals surface area contributed by atoms with Crippen molar-refractivity contribution in [3.63, 3.8) is 0 Å². The summed E-state index contributed by atoms with van der Waals surface area (Å²) in [6, 6.07) is 7.36. The van der Waals surface area contributed by atoms with E-state index in [9.17, 15) is 0 Å². The lowest BCUT2D eigenvalue weighted by Gasteiger charge is -2.08. The highest BCUT2D eigenvalue weighted by molar-refractivity contribution is 5.41. The fraction of sp³-hybridized carbons (Fsp3) is 0.182. The first-order chi connectivity index (χ1) is 7.81. The molecule has 2 N–H and O–H groups in total. The summed E-state index contributed by atoms with van der Waals surface area (Å²) < 4.78 is 15.6. The predicted molar refractivity (Wildman–Crippen MR) is 58.2 cm³/mol. The Morgan fingerprint density at radius 3 is 2.69 bits per heavy atom. The number of nitrogen functional groups attached to an aromatic ring is 1. The molecule has 16 heavy (non-hydrogen) atoms. The lowest BCUT2D eigenvalue weighted by molar-refractivity contribution is 0.240. The minimum atomic E-state index is 0.228. The monoisotopic (exact) mass is 220 g/mol. The van der Waals surface area contributed by atoms with E-state index in [1.807, 2.05) is 24.3 Å². The van der Waals surface area contributed by atoms with Crippen molar-refractivity contribution in [2.45, 2.75) is 6.61 Å². The Bertz CT molecular complexity index is 468. The summed E-state index contributed by atoms with van der Waals surface area (Å²) in [6.07, 6.45) is 1.45. The summed E-state index contributed by atoms with van der Waals surface area (Å²) in [7, 11) is 1.59. The van der Waals surface area contributed by atoms with E-state index in [1.165, 1.54) is 6.20 Å². The maximum absolute atomic E-state index is 5.61. The number of methoxy groups -OCH3 is 1. The van der Waals surface area contributed by atoms with E-state index < -0.39 is 0 Å². The third kappa shape index (κ3) is 2.08. The first kappa shape index (κ1) is 10.4. The minimum Gasteiger partial charge on any atom is -0.493 e. The maximum Gasteiger partial charge on any atom is 0.196 e. The van der Waals surface area contributed by atoms with Crippen molar-refractivity contribution in [1.29, 1.82) is 0 Å². The molecule has 0 bridgehead atoms. The van der Waals surface area contributed by atoms with Gasteiger partial charge >= 0.3 is 0 Å². The van der Waals surface area contributed by atoms with Gasteiger partial charge in [-0.15, -0.1) is 0 Å². The largest absolute Gasteiger partial charge is 0.493 e. The van der Waals surface area contributed by atoms with Gasteiger partial charge in [-0.05, 0) is 12.1 Å². The highest BCUT2D eigenvalue weighted by Gasteiger charge is 2.07. The van der Waals surface area contributed by atoms with E-state index in [4.69, 9.17) is 19.7 Å². The molecule has 5 nitrogen and oxygen atoms in total. The third-order valence-electron chi connectivity index (χ3n) is 2.10. The summed E-state index contributed by atoms with van der Waals surface area (Å²) in [5, 5.41) is 3.57. The van der Waals surface area contributed by atoms with Gasteiger partial charge < -0.3 is 19.7 Å². The first-order valence-electron chi connectivity index (χ1n) is 4.76. The number of ether oxygens (including phenoxy) is 2. The van der Waals surface area contributed by atoms with Gasteiger partial charge in [-0.1, -0.05) is 17.3 Å². The zero-order valence-electron chi connectivity index (χ0n) is 8.84. The van der Waals surface area contributed by atoms with Crippen LogP contribution in [0.1, 0.15) is 5.76 Å². The molecular weight excluding hydrogens is 208 g/mol. The van der Waals surface area contributed by atoms with Crippen LogP contribution >= 0.6 is 0 Å². The Balaban J connectivity index is 2.07. The van der Waals surface area contributed by atoms with Crippen molar-refractivity contribution in [1.82, 2.24) is 5.16 Å². The standard InChI is InChI=1S/C11H12N2O3/c1-14-9-4-2-3-5-10(9)15-7-11-8(12)6-13-16-11/h2-6H,7,12H2,1H3. The first-order valence-corrected chi connectivity index (χ1v) is 4.76. The molecule has 5 heteroatoms. The van der Waals surface area contributed by atoms with Crippen molar-refractivity contribution in [2.24, 2.45) is 0 Å². The fourth-order valence-electron chi connectivity index (χ4n) is 1.26. The Morgan fingerprint density at radius 1 is 1.31 bits per heavy atom. The highest BCUT2D eigenvalue weighted by Crippen LogP contribution is 2.27. The molecule has 0 radical (unpaired) electrons. The third-order valence-corrected chi connectivity index (χ3v) is 2.10. The van der Waals surface area contributed by atoms with Gasteiger partial charge in [-0.2, -0.15) is 0 Å². The van der Waals surface area contributed by atoms with E-state index in [1.54, 1.807) is 7.11 Å². The Kier molecular flexibility index (Phi) is 2.95. The quantitative estimate of drug-likeness (QED) is 0.851. The van der Waals surface area contributed by atoms with Gasteiger partial charge in [0.2, 0.25) is 0 Å². The zero-order valence-corrected chi connectivity index (χ0v) is 8.84. The van der Waals surface area contributed by atoms with E-state index in [-0.39, 0.29) is 6.61 Å². The van der Waals surface area contributed by atoms with E-state index in [0.717, 1.165) is 0 Å². The smallest absolute Gasteiger partial charge is 0.196 e. The fourth-order valence-corrected chi connectivity index (χ4v) is 1.26. The minimum absolute atomic E-state index is 0.228. The Labute approximate surface area is 92.8 Å². The van der Waals surface area contributed by atoms with Crippen molar-refractivity contribution in [3.8, 4) is 11.5 Å². The average molecular weight is 220 g/mol. The highest BCUT2D eigenvalue weighted by atomic mass is 16.5. The summed E-state index contributed by atoms with van der Waals surface area (Å²) in [5.41, 5.74) is 6.09. The second-order valence-corrected chi connectivity index (χ2v) is 3.14. The summed E-state index contributed by atoms with van der Waals surface area (Å²) in [6.45, 7) is 0.228. The number of aromatic nitrogens is 1. The molecule has 2 rings (SSSR count). The summed E-state index contributed by atoms with van der Waals surface area (Å²) >= 11 is 0. The molecule has 0 amide bonds. The molecule has 84 valence electrons. The van der Waals surface area contributed by atoms with Gasteiger partial charge in [-0.3, -0.25) is 0 Å². The van der Waals surface area contributed by atoms with Gasteiger partial charge in [0.1, 0.15) is 0 Å². The number of benzene rings is 1. The number of para-hydroxylation sites is 2. The van der Waals surface area contributed by atoms with Crippen LogP contribution < -0.4 is 15.2 Å². The Morgan fingerprint density at radius 2 is 2.06 bits per heavy atom. The lowest BCUT2D eigenvalue weighted by Crippen LogP contribution is -1.98. The van der Waals surface area contributed by atoms with Gasteiger partial charge in [0.05, 0.1) is 19.0 Å². The topological polar surface area (TPSA) is 70.5 Å². The van der Waals surface area contributed by atoms with Crippen LogP contribution in [0.4, 0.5) is 5.69 Å². The second kappa shape index (κ2) is 4.57. The molecule has 0 saturated heterocycles. The van der Waals surface area contributed by atoms with Crippen LogP contribution in [0, 0.1) is 0 Å². The molecule has 0 fully saturated rings. The number of rotatable bonds is 4. The molecule has 0 aliphatic carbocycles. The SMILES string of the molecule is COc1ccccc1OCc1oncc1N. The van der Waals surface area contributed by atoms with Gasteiger partial charge in [-0.25, -0.2) is 0 Å². The molecular formula is C11H12N2O3. The molecule has 1 aromatic carbocycles. The molecule has 0 aliphatic rings. The van der Waals surface area contributed by atoms with Crippen LogP contribution in [0.5, 0.6) is 11.5 Å². The maximum atomic E-state index is 5.61. The van der Waals surface area contributed by atoms with E-state index in [0.29, 0.717) is 22.9 Å². The van der Waals surface area contributed by atoms with Crippen LogP contribution in [-0.4, -0.2) is 12.3 Å². The Hall–Kier alpha value is -2.17. The van der Waals surface area contributed by atoms with Crippen LogP contribution in [0.15, 0.2) is 35.0 Å². The van der Waals surface area contributed by atoms with Crippen LogP contribution in [0.25, 0.3) is 0 Å². The summed E-state index contributed by atoms with van der Waals surface area (Å²) in [4.78, 5) is 0. The predicted octanol–water partition coefficient (Wildman–Crippen LogP) is 1.84. The summed E-state index contributed by atoms with van der Waals surface area (Å²) in [5.74, 6) is 1.81. The molecule has 1 aromatic heterocycles. The van der Waals surface area contributed by atoms with Crippen molar-refractivity contribution in [2.75, 3.05) is 12.8 Å². The van der Waals surface area contributed by atoms with Gasteiger partial charge in [0, 0.05) is 0 Å². The lowest BCUT2D eigenvalue weighted by atomic mass is 10.3. The van der Waals surface area contributed by atoms with E-state index in [2.05, 4.69) is 5.16 Å². The normalized spacial score (nSPS) is 10.1. The van der Waals surface area contributed by atoms with Crippen molar-refractivity contribution in [3.05, 3.63) is 36.2 Å². The molecule has 1 heterocycles. The molecule has 2 aromatic rings. The second-order valence-electron chi connectivity index (χ2n) is 3.14. The molecule has 0 aliphatic heterocycles. The van der Waals surface area contributed by atoms with Crippen molar-refractivity contribution < 1.29 is 14.0 Å². The zero-order chi connectivity index (χ0) is 11.4. The molecule has 0 unspecified atom stereocenters. The van der Waals surface area contributed by atoms with Crippen LogP contribution in [0.3, 0.4) is 0 Å². The molecule has 0 spiro atoms. The van der Waals surface area contributed by atoms with Gasteiger partial charge in [0.25, 0.3) is 0 Å². The number of nitrogens with zero attached hydrogens (tertiary/aromatic N) is 1. The molecule has 0 saturated carbocycles. The van der Waals surface area contributed by atoms with E-state index >= 15 is 0 Å². The van der Waals surface area contributed by atoms with Crippen LogP contribution in [-0.2, 0) is 6.61 Å². The van der Waals surface area contributed by atoms with Crippen LogP contribution in [0.2, 0.25) is 0 Å². The van der Waals surface area contributed by atoms with Gasteiger partial charge in [0.15, 0.2) is 23.9 Å². The number of anilines is 1. The average Bonchev–Trinajstić information content (AvgIpc) is 2.72. The van der Waals surface area contributed by atoms with Crippen molar-refractivity contribution >= 4 is 5.69 Å². The molecule has 0 atom stereocenters. The number of hydrogen-bond donors (Lipinski definition) is 1. The number of hydrogen-bond acceptors (Lipinski definition) is 5. The number of nitrogens with two attached hydrogens (primary N) is 1.